The Bertz CT molecular complexity index is 492. The van der Waals surface area contributed by atoms with E-state index in [1.165, 1.54) is 16.7 Å². The molecule has 2 atom stereocenters. The van der Waals surface area contributed by atoms with Crippen LogP contribution in [0.4, 0.5) is 0 Å². The Labute approximate surface area is 119 Å². The monoisotopic (exact) mass is 274 g/mol. The summed E-state index contributed by atoms with van der Waals surface area (Å²) in [4.78, 5) is 0. The average Bonchev–Trinajstić information content (AvgIpc) is 2.84. The number of nitrogens with two attached hydrogens (primary N) is 1. The van der Waals surface area contributed by atoms with Crippen molar-refractivity contribution in [3.8, 4) is 0 Å². The second-order valence-electron chi connectivity index (χ2n) is 5.12. The third-order valence-electron chi connectivity index (χ3n) is 3.54. The molecule has 0 fully saturated rings. The summed E-state index contributed by atoms with van der Waals surface area (Å²) in [6.45, 7) is 6.23. The van der Waals surface area contributed by atoms with Crippen LogP contribution in [0.2, 0.25) is 0 Å². The first-order chi connectivity index (χ1) is 9.18. The van der Waals surface area contributed by atoms with E-state index in [-0.39, 0.29) is 6.04 Å². The molecular formula is C16H22N2S. The van der Waals surface area contributed by atoms with Crippen LogP contribution in [-0.2, 0) is 6.54 Å². The molecule has 0 saturated carbocycles. The summed E-state index contributed by atoms with van der Waals surface area (Å²) in [6, 6.07) is 10.4. The Morgan fingerprint density at radius 1 is 1.21 bits per heavy atom. The molecule has 0 amide bonds. The van der Waals surface area contributed by atoms with E-state index >= 15 is 0 Å². The zero-order chi connectivity index (χ0) is 13.7. The molecule has 2 unspecified atom stereocenters. The highest BCUT2D eigenvalue weighted by Crippen LogP contribution is 2.19. The Morgan fingerprint density at radius 3 is 2.58 bits per heavy atom. The highest BCUT2D eigenvalue weighted by molar-refractivity contribution is 7.08. The summed E-state index contributed by atoms with van der Waals surface area (Å²) < 4.78 is 0. The van der Waals surface area contributed by atoms with Crippen molar-refractivity contribution in [2.75, 3.05) is 6.54 Å². The van der Waals surface area contributed by atoms with Crippen molar-refractivity contribution < 1.29 is 0 Å². The summed E-state index contributed by atoms with van der Waals surface area (Å²) in [5.41, 5.74) is 10.3. The van der Waals surface area contributed by atoms with E-state index in [0.717, 1.165) is 13.1 Å². The van der Waals surface area contributed by atoms with Crippen molar-refractivity contribution >= 4 is 11.3 Å². The van der Waals surface area contributed by atoms with Crippen LogP contribution in [0.3, 0.4) is 0 Å². The summed E-state index contributed by atoms with van der Waals surface area (Å²) in [6.07, 6.45) is 0. The zero-order valence-electron chi connectivity index (χ0n) is 11.6. The van der Waals surface area contributed by atoms with Gasteiger partial charge in [-0.15, -0.1) is 0 Å². The predicted octanol–water partition coefficient (Wildman–Crippen LogP) is 3.48. The molecule has 0 bridgehead atoms. The molecule has 1 aromatic carbocycles. The maximum absolute atomic E-state index is 6.29. The van der Waals surface area contributed by atoms with Gasteiger partial charge in [-0.2, -0.15) is 11.3 Å². The quantitative estimate of drug-likeness (QED) is 0.846. The highest BCUT2D eigenvalue weighted by atomic mass is 32.1. The molecular weight excluding hydrogens is 252 g/mol. The topological polar surface area (TPSA) is 38.0 Å². The van der Waals surface area contributed by atoms with Gasteiger partial charge in [-0.3, -0.25) is 0 Å². The van der Waals surface area contributed by atoms with Crippen molar-refractivity contribution in [2.24, 2.45) is 11.7 Å². The molecule has 1 heterocycles. The van der Waals surface area contributed by atoms with E-state index in [2.05, 4.69) is 42.1 Å². The Hall–Kier alpha value is -1.16. The minimum atomic E-state index is 0.0947. The lowest BCUT2D eigenvalue weighted by atomic mass is 9.95. The molecule has 3 heteroatoms. The van der Waals surface area contributed by atoms with Gasteiger partial charge < -0.3 is 11.1 Å². The number of aryl methyl sites for hydroxylation is 1. The molecule has 19 heavy (non-hydrogen) atoms. The van der Waals surface area contributed by atoms with Crippen LogP contribution in [0.1, 0.15) is 29.7 Å². The number of thiophene rings is 1. The third kappa shape index (κ3) is 3.90. The smallest absolute Gasteiger partial charge is 0.0333 e. The van der Waals surface area contributed by atoms with Gasteiger partial charge in [0.1, 0.15) is 0 Å². The summed E-state index contributed by atoms with van der Waals surface area (Å²) in [5.74, 6) is 0.418. The van der Waals surface area contributed by atoms with E-state index < -0.39 is 0 Å². The van der Waals surface area contributed by atoms with E-state index in [1.54, 1.807) is 11.3 Å². The van der Waals surface area contributed by atoms with Gasteiger partial charge in [0.05, 0.1) is 0 Å². The largest absolute Gasteiger partial charge is 0.324 e. The standard InChI is InChI=1S/C16H22N2S/c1-12(16(17)14-6-4-3-5-7-14)8-18-9-15-11-19-10-13(15)2/h3-7,10-12,16,18H,8-9,17H2,1-2H3. The maximum Gasteiger partial charge on any atom is 0.0333 e. The van der Waals surface area contributed by atoms with Gasteiger partial charge in [-0.05, 0) is 46.8 Å². The third-order valence-corrected chi connectivity index (χ3v) is 4.45. The Morgan fingerprint density at radius 2 is 1.95 bits per heavy atom. The molecule has 3 N–H and O–H groups in total. The average molecular weight is 274 g/mol. The van der Waals surface area contributed by atoms with Gasteiger partial charge in [0.15, 0.2) is 0 Å². The highest BCUT2D eigenvalue weighted by Gasteiger charge is 2.14. The van der Waals surface area contributed by atoms with Gasteiger partial charge >= 0.3 is 0 Å². The van der Waals surface area contributed by atoms with Gasteiger partial charge in [0.2, 0.25) is 0 Å². The number of hydrogen-bond acceptors (Lipinski definition) is 3. The van der Waals surface area contributed by atoms with Gasteiger partial charge in [-0.25, -0.2) is 0 Å². The van der Waals surface area contributed by atoms with E-state index in [9.17, 15) is 0 Å². The number of rotatable bonds is 6. The fourth-order valence-electron chi connectivity index (χ4n) is 2.13. The Balaban J connectivity index is 1.81. The SMILES string of the molecule is Cc1cscc1CNCC(C)C(N)c1ccccc1. The molecule has 2 rings (SSSR count). The number of benzene rings is 1. The van der Waals surface area contributed by atoms with Crippen LogP contribution in [-0.4, -0.2) is 6.54 Å². The van der Waals surface area contributed by atoms with E-state index in [0.29, 0.717) is 5.92 Å². The maximum atomic E-state index is 6.29. The van der Waals surface area contributed by atoms with Crippen LogP contribution in [0.5, 0.6) is 0 Å². The predicted molar refractivity (Wildman–Crippen MR) is 83.3 cm³/mol. The molecule has 0 spiro atoms. The first kappa shape index (κ1) is 14.3. The van der Waals surface area contributed by atoms with E-state index in [4.69, 9.17) is 5.73 Å². The molecule has 0 radical (unpaired) electrons. The van der Waals surface area contributed by atoms with Crippen molar-refractivity contribution in [1.29, 1.82) is 0 Å². The van der Waals surface area contributed by atoms with Gasteiger partial charge in [0.25, 0.3) is 0 Å². The van der Waals surface area contributed by atoms with Crippen LogP contribution in [0.25, 0.3) is 0 Å². The second kappa shape index (κ2) is 6.85. The van der Waals surface area contributed by atoms with E-state index in [1.807, 2.05) is 18.2 Å². The minimum Gasteiger partial charge on any atom is -0.324 e. The van der Waals surface area contributed by atoms with Crippen molar-refractivity contribution in [1.82, 2.24) is 5.32 Å². The summed E-state index contributed by atoms with van der Waals surface area (Å²) >= 11 is 1.76. The van der Waals surface area contributed by atoms with Crippen LogP contribution in [0, 0.1) is 12.8 Å². The fraction of sp³-hybridized carbons (Fsp3) is 0.375. The summed E-state index contributed by atoms with van der Waals surface area (Å²) in [7, 11) is 0. The normalized spacial score (nSPS) is 14.3. The number of nitrogens with one attached hydrogen (secondary N) is 1. The van der Waals surface area contributed by atoms with Crippen LogP contribution < -0.4 is 11.1 Å². The molecule has 2 nitrogen and oxygen atoms in total. The molecule has 102 valence electrons. The lowest BCUT2D eigenvalue weighted by Crippen LogP contribution is -2.29. The summed E-state index contributed by atoms with van der Waals surface area (Å²) in [5, 5.41) is 7.91. The first-order valence-electron chi connectivity index (χ1n) is 6.71. The lowest BCUT2D eigenvalue weighted by molar-refractivity contribution is 0.434. The van der Waals surface area contributed by atoms with Gasteiger partial charge in [-0.1, -0.05) is 37.3 Å². The molecule has 0 aliphatic carbocycles. The Kier molecular flexibility index (Phi) is 5.14. The molecule has 2 aromatic rings. The second-order valence-corrected chi connectivity index (χ2v) is 5.87. The first-order valence-corrected chi connectivity index (χ1v) is 7.65. The van der Waals surface area contributed by atoms with Crippen molar-refractivity contribution in [2.45, 2.75) is 26.4 Å². The molecule has 0 aliphatic rings. The lowest BCUT2D eigenvalue weighted by Gasteiger charge is -2.20. The fourth-order valence-corrected chi connectivity index (χ4v) is 2.99. The minimum absolute atomic E-state index is 0.0947. The zero-order valence-corrected chi connectivity index (χ0v) is 12.4. The van der Waals surface area contributed by atoms with Crippen molar-refractivity contribution in [3.63, 3.8) is 0 Å². The molecule has 0 aliphatic heterocycles. The van der Waals surface area contributed by atoms with Crippen LogP contribution >= 0.6 is 11.3 Å². The van der Waals surface area contributed by atoms with Crippen LogP contribution in [0.15, 0.2) is 41.1 Å². The number of hydrogen-bond donors (Lipinski definition) is 2. The molecule has 1 aromatic heterocycles. The van der Waals surface area contributed by atoms with Gasteiger partial charge in [0, 0.05) is 12.6 Å². The molecule has 0 saturated heterocycles. The van der Waals surface area contributed by atoms with Crippen molar-refractivity contribution in [3.05, 3.63) is 57.8 Å².